The Morgan fingerprint density at radius 2 is 1.45 bits per heavy atom. The van der Waals surface area contributed by atoms with Crippen molar-refractivity contribution in [2.24, 2.45) is 0 Å². The largest absolute Gasteiger partial charge is 0.380 e. The molecule has 1 N–H and O–H groups in total. The maximum atomic E-state index is 13.0. The molecule has 2 rings (SSSR count). The van der Waals surface area contributed by atoms with E-state index in [0.717, 1.165) is 22.8 Å². The summed E-state index contributed by atoms with van der Waals surface area (Å²) in [7, 11) is 1.66. The van der Waals surface area contributed by atoms with Gasteiger partial charge in [-0.2, -0.15) is 0 Å². The molecule has 0 aromatic heterocycles. The molecule has 0 fully saturated rings. The van der Waals surface area contributed by atoms with Crippen molar-refractivity contribution >= 4 is 0 Å². The molecule has 0 bridgehead atoms. The van der Waals surface area contributed by atoms with Gasteiger partial charge in [-0.3, -0.25) is 0 Å². The second kappa shape index (κ2) is 7.12. The number of nitrogens with one attached hydrogen (secondary N) is 1. The van der Waals surface area contributed by atoms with Crippen molar-refractivity contribution in [1.82, 2.24) is 5.32 Å². The molecule has 0 saturated heterocycles. The third-order valence-corrected chi connectivity index (χ3v) is 2.98. The Bertz CT molecular complexity index is 555. The Morgan fingerprint density at radius 1 is 0.850 bits per heavy atom. The number of rotatable bonds is 6. The quantitative estimate of drug-likeness (QED) is 0.873. The molecule has 106 valence electrons. The van der Waals surface area contributed by atoms with Crippen LogP contribution in [0.1, 0.15) is 16.7 Å². The topological polar surface area (TPSA) is 21.3 Å². The van der Waals surface area contributed by atoms with E-state index in [9.17, 15) is 8.78 Å². The van der Waals surface area contributed by atoms with E-state index in [1.807, 2.05) is 24.3 Å². The average Bonchev–Trinajstić information content (AvgIpc) is 2.45. The summed E-state index contributed by atoms with van der Waals surface area (Å²) in [6, 6.07) is 12.0. The van der Waals surface area contributed by atoms with Crippen LogP contribution in [-0.4, -0.2) is 7.11 Å². The third-order valence-electron chi connectivity index (χ3n) is 2.98. The van der Waals surface area contributed by atoms with Gasteiger partial charge in [-0.1, -0.05) is 30.3 Å². The van der Waals surface area contributed by atoms with E-state index in [1.54, 1.807) is 13.2 Å². The number of methoxy groups -OCH3 is 1. The van der Waals surface area contributed by atoms with Crippen LogP contribution in [0.25, 0.3) is 0 Å². The summed E-state index contributed by atoms with van der Waals surface area (Å²) in [6.07, 6.45) is 0. The average molecular weight is 277 g/mol. The normalized spacial score (nSPS) is 10.8. The van der Waals surface area contributed by atoms with E-state index in [2.05, 4.69) is 5.32 Å². The highest BCUT2D eigenvalue weighted by Crippen LogP contribution is 2.09. The van der Waals surface area contributed by atoms with E-state index in [0.29, 0.717) is 19.7 Å². The predicted molar refractivity (Wildman–Crippen MR) is 74.1 cm³/mol. The molecule has 2 nitrogen and oxygen atoms in total. The molecular formula is C16H17F2NO. The van der Waals surface area contributed by atoms with Gasteiger partial charge in [0.1, 0.15) is 0 Å². The molecule has 0 aliphatic heterocycles. The van der Waals surface area contributed by atoms with E-state index in [4.69, 9.17) is 4.74 Å². The number of hydrogen-bond donors (Lipinski definition) is 1. The Hall–Kier alpha value is -1.78. The molecule has 0 aliphatic rings. The minimum atomic E-state index is -0.817. The maximum Gasteiger partial charge on any atom is 0.159 e. The Balaban J connectivity index is 1.84. The highest BCUT2D eigenvalue weighted by Gasteiger charge is 2.02. The van der Waals surface area contributed by atoms with Crippen molar-refractivity contribution in [2.75, 3.05) is 7.11 Å². The zero-order valence-electron chi connectivity index (χ0n) is 11.3. The van der Waals surface area contributed by atoms with Crippen LogP contribution in [0.5, 0.6) is 0 Å². The summed E-state index contributed by atoms with van der Waals surface area (Å²) in [5, 5.41) is 3.20. The van der Waals surface area contributed by atoms with E-state index < -0.39 is 11.6 Å². The Kier molecular flexibility index (Phi) is 5.21. The standard InChI is InChI=1S/C16H17F2NO/c1-20-11-13-4-2-12(3-5-13)9-19-10-14-6-7-15(17)16(18)8-14/h2-8,19H,9-11H2,1H3. The van der Waals surface area contributed by atoms with Gasteiger partial charge in [0.2, 0.25) is 0 Å². The van der Waals surface area contributed by atoms with Crippen LogP contribution in [0, 0.1) is 11.6 Å². The van der Waals surface area contributed by atoms with Gasteiger partial charge < -0.3 is 10.1 Å². The fourth-order valence-electron chi connectivity index (χ4n) is 1.92. The second-order valence-corrected chi connectivity index (χ2v) is 4.60. The molecule has 4 heteroatoms. The lowest BCUT2D eigenvalue weighted by atomic mass is 10.1. The lowest BCUT2D eigenvalue weighted by Gasteiger charge is -2.07. The second-order valence-electron chi connectivity index (χ2n) is 4.60. The number of halogens is 2. The van der Waals surface area contributed by atoms with E-state index in [1.165, 1.54) is 6.07 Å². The lowest BCUT2D eigenvalue weighted by Crippen LogP contribution is -2.13. The van der Waals surface area contributed by atoms with Crippen LogP contribution in [0.15, 0.2) is 42.5 Å². The molecule has 0 saturated carbocycles. The minimum Gasteiger partial charge on any atom is -0.380 e. The summed E-state index contributed by atoms with van der Waals surface area (Å²) in [4.78, 5) is 0. The van der Waals surface area contributed by atoms with Crippen LogP contribution in [-0.2, 0) is 24.4 Å². The van der Waals surface area contributed by atoms with Gasteiger partial charge in [0.15, 0.2) is 11.6 Å². The highest BCUT2D eigenvalue weighted by atomic mass is 19.2. The molecule has 0 spiro atoms. The first-order chi connectivity index (χ1) is 9.69. The lowest BCUT2D eigenvalue weighted by molar-refractivity contribution is 0.185. The summed E-state index contributed by atoms with van der Waals surface area (Å²) in [6.45, 7) is 1.77. The minimum absolute atomic E-state index is 0.497. The molecule has 0 radical (unpaired) electrons. The SMILES string of the molecule is COCc1ccc(CNCc2ccc(F)c(F)c2)cc1. The van der Waals surface area contributed by atoms with Crippen molar-refractivity contribution in [1.29, 1.82) is 0 Å². The monoisotopic (exact) mass is 277 g/mol. The van der Waals surface area contributed by atoms with Gasteiger partial charge in [0.25, 0.3) is 0 Å². The summed E-state index contributed by atoms with van der Waals surface area (Å²) < 4.78 is 30.9. The smallest absolute Gasteiger partial charge is 0.159 e. The molecule has 0 amide bonds. The van der Waals surface area contributed by atoms with Gasteiger partial charge in [-0.25, -0.2) is 8.78 Å². The molecule has 0 aliphatic carbocycles. The molecular weight excluding hydrogens is 260 g/mol. The number of ether oxygens (including phenoxy) is 1. The molecule has 2 aromatic carbocycles. The summed E-state index contributed by atoms with van der Waals surface area (Å²) in [5.41, 5.74) is 2.98. The van der Waals surface area contributed by atoms with Gasteiger partial charge in [-0.05, 0) is 28.8 Å². The van der Waals surface area contributed by atoms with Gasteiger partial charge in [-0.15, -0.1) is 0 Å². The van der Waals surface area contributed by atoms with Crippen molar-refractivity contribution < 1.29 is 13.5 Å². The van der Waals surface area contributed by atoms with Crippen molar-refractivity contribution in [3.63, 3.8) is 0 Å². The Labute approximate surface area is 117 Å². The van der Waals surface area contributed by atoms with Crippen molar-refractivity contribution in [3.8, 4) is 0 Å². The van der Waals surface area contributed by atoms with E-state index >= 15 is 0 Å². The van der Waals surface area contributed by atoms with Crippen molar-refractivity contribution in [2.45, 2.75) is 19.7 Å². The molecule has 2 aromatic rings. The molecule has 0 unspecified atom stereocenters. The fourth-order valence-corrected chi connectivity index (χ4v) is 1.92. The summed E-state index contributed by atoms with van der Waals surface area (Å²) >= 11 is 0. The first-order valence-electron chi connectivity index (χ1n) is 6.40. The number of benzene rings is 2. The third kappa shape index (κ3) is 4.11. The van der Waals surface area contributed by atoms with Crippen molar-refractivity contribution in [3.05, 3.63) is 70.8 Å². The van der Waals surface area contributed by atoms with Crippen LogP contribution >= 0.6 is 0 Å². The molecule has 20 heavy (non-hydrogen) atoms. The zero-order valence-corrected chi connectivity index (χ0v) is 11.3. The molecule has 0 heterocycles. The molecule has 0 atom stereocenters. The van der Waals surface area contributed by atoms with Gasteiger partial charge >= 0.3 is 0 Å². The van der Waals surface area contributed by atoms with E-state index in [-0.39, 0.29) is 0 Å². The van der Waals surface area contributed by atoms with Crippen LogP contribution in [0.2, 0.25) is 0 Å². The fraction of sp³-hybridized carbons (Fsp3) is 0.250. The van der Waals surface area contributed by atoms with Crippen LogP contribution < -0.4 is 5.32 Å². The maximum absolute atomic E-state index is 13.0. The first kappa shape index (κ1) is 14.6. The van der Waals surface area contributed by atoms with Crippen LogP contribution in [0.4, 0.5) is 8.78 Å². The zero-order chi connectivity index (χ0) is 14.4. The Morgan fingerprint density at radius 3 is 2.10 bits per heavy atom. The van der Waals surface area contributed by atoms with Gasteiger partial charge in [0.05, 0.1) is 6.61 Å². The highest BCUT2D eigenvalue weighted by molar-refractivity contribution is 5.22. The number of hydrogen-bond acceptors (Lipinski definition) is 2. The van der Waals surface area contributed by atoms with Crippen LogP contribution in [0.3, 0.4) is 0 Å². The summed E-state index contributed by atoms with van der Waals surface area (Å²) in [5.74, 6) is -1.63. The first-order valence-corrected chi connectivity index (χ1v) is 6.40. The predicted octanol–water partition coefficient (Wildman–Crippen LogP) is 3.40. The van der Waals surface area contributed by atoms with Gasteiger partial charge in [0, 0.05) is 20.2 Å².